The molecular weight excluding hydrogens is 453 g/mol. The summed E-state index contributed by atoms with van der Waals surface area (Å²) in [6, 6.07) is 9.75. The Morgan fingerprint density at radius 1 is 1.03 bits per heavy atom. The standard InChI is InChI=1S/C22H19ClFN5O4/c23-17-9-13(24)3-8-16(17)20(30)27-14-4-6-15(7-5-14)28-21(31)18-19(26-11-25-18)22(32)29-33-10-12-1-2-12/h3-9,11-12H,1-2,10H2,(H,25,26)(H,27,30)(H,28,31)(H,29,32). The van der Waals surface area contributed by atoms with Gasteiger partial charge in [-0.3, -0.25) is 19.2 Å². The van der Waals surface area contributed by atoms with Gasteiger partial charge in [-0.05, 0) is 61.2 Å². The van der Waals surface area contributed by atoms with Gasteiger partial charge in [-0.25, -0.2) is 14.9 Å². The molecule has 1 aromatic heterocycles. The minimum atomic E-state index is -0.625. The fourth-order valence-corrected chi connectivity index (χ4v) is 3.15. The molecule has 2 aromatic carbocycles. The number of hydrogen-bond acceptors (Lipinski definition) is 5. The first kappa shape index (κ1) is 22.4. The fourth-order valence-electron chi connectivity index (χ4n) is 2.90. The molecule has 9 nitrogen and oxygen atoms in total. The van der Waals surface area contributed by atoms with Gasteiger partial charge in [0, 0.05) is 11.4 Å². The van der Waals surface area contributed by atoms with Crippen molar-refractivity contribution in [2.24, 2.45) is 5.92 Å². The van der Waals surface area contributed by atoms with E-state index in [9.17, 15) is 18.8 Å². The molecule has 0 aliphatic heterocycles. The van der Waals surface area contributed by atoms with Gasteiger partial charge >= 0.3 is 0 Å². The molecule has 0 radical (unpaired) electrons. The first-order valence-corrected chi connectivity index (χ1v) is 10.4. The molecular formula is C22H19ClFN5O4. The predicted octanol–water partition coefficient (Wildman–Crippen LogP) is 3.78. The van der Waals surface area contributed by atoms with E-state index in [-0.39, 0.29) is 22.0 Å². The molecule has 170 valence electrons. The van der Waals surface area contributed by atoms with Crippen LogP contribution in [0.4, 0.5) is 15.8 Å². The van der Waals surface area contributed by atoms with E-state index in [2.05, 4.69) is 26.1 Å². The number of aromatic nitrogens is 2. The SMILES string of the molecule is O=C(Nc1ccc(NC(=O)c2[nH]cnc2C(=O)NOCC2CC2)cc1)c1ccc(F)cc1Cl. The second-order valence-electron chi connectivity index (χ2n) is 7.42. The highest BCUT2D eigenvalue weighted by atomic mass is 35.5. The van der Waals surface area contributed by atoms with Crippen LogP contribution in [-0.2, 0) is 4.84 Å². The fraction of sp³-hybridized carbons (Fsp3) is 0.182. The van der Waals surface area contributed by atoms with Crippen molar-refractivity contribution in [3.8, 4) is 0 Å². The Balaban J connectivity index is 1.35. The first-order chi connectivity index (χ1) is 15.9. The number of rotatable bonds is 8. The van der Waals surface area contributed by atoms with E-state index in [1.165, 1.54) is 12.4 Å². The average molecular weight is 472 g/mol. The third-order valence-electron chi connectivity index (χ3n) is 4.84. The number of H-pyrrole nitrogens is 1. The van der Waals surface area contributed by atoms with Crippen LogP contribution < -0.4 is 16.1 Å². The summed E-state index contributed by atoms with van der Waals surface area (Å²) in [5.74, 6) is -1.78. The second-order valence-corrected chi connectivity index (χ2v) is 7.83. The molecule has 11 heteroatoms. The molecule has 0 unspecified atom stereocenters. The number of imidazole rings is 1. The number of nitrogens with zero attached hydrogens (tertiary/aromatic N) is 1. The summed E-state index contributed by atoms with van der Waals surface area (Å²) < 4.78 is 13.2. The summed E-state index contributed by atoms with van der Waals surface area (Å²) >= 11 is 5.91. The van der Waals surface area contributed by atoms with Crippen molar-refractivity contribution in [1.82, 2.24) is 15.4 Å². The molecule has 0 saturated heterocycles. The molecule has 1 aliphatic carbocycles. The van der Waals surface area contributed by atoms with Gasteiger partial charge in [-0.2, -0.15) is 0 Å². The van der Waals surface area contributed by atoms with Gasteiger partial charge in [0.15, 0.2) is 5.69 Å². The maximum absolute atomic E-state index is 13.2. The Morgan fingerprint density at radius 2 is 1.70 bits per heavy atom. The lowest BCUT2D eigenvalue weighted by Crippen LogP contribution is -2.27. The zero-order valence-corrected chi connectivity index (χ0v) is 17.9. The summed E-state index contributed by atoms with van der Waals surface area (Å²) in [4.78, 5) is 48.8. The monoisotopic (exact) mass is 471 g/mol. The van der Waals surface area contributed by atoms with Crippen LogP contribution in [0.2, 0.25) is 5.02 Å². The summed E-state index contributed by atoms with van der Waals surface area (Å²) in [6.45, 7) is 0.425. The zero-order chi connectivity index (χ0) is 23.4. The van der Waals surface area contributed by atoms with Crippen molar-refractivity contribution in [3.63, 3.8) is 0 Å². The lowest BCUT2D eigenvalue weighted by atomic mass is 10.2. The third-order valence-corrected chi connectivity index (χ3v) is 5.15. The van der Waals surface area contributed by atoms with E-state index in [0.717, 1.165) is 25.0 Å². The Morgan fingerprint density at radius 3 is 2.33 bits per heavy atom. The van der Waals surface area contributed by atoms with Crippen LogP contribution in [0.5, 0.6) is 0 Å². The number of nitrogens with one attached hydrogen (secondary N) is 4. The van der Waals surface area contributed by atoms with E-state index >= 15 is 0 Å². The number of anilines is 2. The quantitative estimate of drug-likeness (QED) is 0.372. The first-order valence-electron chi connectivity index (χ1n) is 10.0. The number of carbonyl (C=O) groups excluding carboxylic acids is 3. The smallest absolute Gasteiger partial charge is 0.295 e. The highest BCUT2D eigenvalue weighted by Gasteiger charge is 2.24. The number of carbonyl (C=O) groups is 3. The number of aromatic amines is 1. The lowest BCUT2D eigenvalue weighted by molar-refractivity contribution is 0.0265. The van der Waals surface area contributed by atoms with Gasteiger partial charge in [-0.15, -0.1) is 0 Å². The lowest BCUT2D eigenvalue weighted by Gasteiger charge is -2.09. The molecule has 3 aromatic rings. The van der Waals surface area contributed by atoms with E-state index in [1.54, 1.807) is 24.3 Å². The number of hydroxylamine groups is 1. The van der Waals surface area contributed by atoms with Gasteiger partial charge in [-0.1, -0.05) is 11.6 Å². The third kappa shape index (κ3) is 5.73. The molecule has 1 fully saturated rings. The summed E-state index contributed by atoms with van der Waals surface area (Å²) in [5.41, 5.74) is 3.16. The molecule has 1 heterocycles. The Kier molecular flexibility index (Phi) is 6.66. The van der Waals surface area contributed by atoms with Crippen LogP contribution in [0.25, 0.3) is 0 Å². The van der Waals surface area contributed by atoms with Crippen LogP contribution in [0, 0.1) is 11.7 Å². The second kappa shape index (κ2) is 9.80. The molecule has 4 rings (SSSR count). The van der Waals surface area contributed by atoms with Crippen molar-refractivity contribution >= 4 is 40.7 Å². The molecule has 0 spiro atoms. The zero-order valence-electron chi connectivity index (χ0n) is 17.2. The van der Waals surface area contributed by atoms with Crippen molar-refractivity contribution in [1.29, 1.82) is 0 Å². The molecule has 0 atom stereocenters. The van der Waals surface area contributed by atoms with Crippen molar-refractivity contribution in [2.45, 2.75) is 12.8 Å². The Hall–Kier alpha value is -3.76. The van der Waals surface area contributed by atoms with Crippen molar-refractivity contribution in [2.75, 3.05) is 17.2 Å². The molecule has 33 heavy (non-hydrogen) atoms. The van der Waals surface area contributed by atoms with Gasteiger partial charge in [0.2, 0.25) is 0 Å². The largest absolute Gasteiger partial charge is 0.340 e. The number of amides is 3. The maximum atomic E-state index is 13.2. The minimum Gasteiger partial charge on any atom is -0.340 e. The van der Waals surface area contributed by atoms with Crippen LogP contribution in [-0.4, -0.2) is 34.3 Å². The Bertz CT molecular complexity index is 1190. The van der Waals surface area contributed by atoms with Gasteiger partial charge < -0.3 is 15.6 Å². The van der Waals surface area contributed by atoms with Gasteiger partial charge in [0.25, 0.3) is 17.7 Å². The highest BCUT2D eigenvalue weighted by Crippen LogP contribution is 2.28. The topological polar surface area (TPSA) is 125 Å². The molecule has 1 aliphatic rings. The summed E-state index contributed by atoms with van der Waals surface area (Å²) in [5, 5.41) is 5.28. The maximum Gasteiger partial charge on any atom is 0.295 e. The van der Waals surface area contributed by atoms with Gasteiger partial charge in [0.05, 0.1) is 23.5 Å². The average Bonchev–Trinajstić information content (AvgIpc) is 3.47. The highest BCUT2D eigenvalue weighted by molar-refractivity contribution is 6.34. The number of benzene rings is 2. The van der Waals surface area contributed by atoms with Crippen molar-refractivity contribution in [3.05, 3.63) is 76.6 Å². The van der Waals surface area contributed by atoms with E-state index in [4.69, 9.17) is 16.4 Å². The van der Waals surface area contributed by atoms with Crippen molar-refractivity contribution < 1.29 is 23.6 Å². The Labute approximate surface area is 192 Å². The predicted molar refractivity (Wildman–Crippen MR) is 118 cm³/mol. The van der Waals surface area contributed by atoms with Gasteiger partial charge in [0.1, 0.15) is 11.5 Å². The minimum absolute atomic E-state index is 0.00581. The molecule has 0 bridgehead atoms. The van der Waals surface area contributed by atoms with E-state index in [0.29, 0.717) is 23.9 Å². The molecule has 1 saturated carbocycles. The number of halogens is 2. The van der Waals surface area contributed by atoms with Crippen LogP contribution in [0.15, 0.2) is 48.8 Å². The summed E-state index contributed by atoms with van der Waals surface area (Å²) in [6.07, 6.45) is 3.40. The van der Waals surface area contributed by atoms with E-state index < -0.39 is 23.5 Å². The van der Waals surface area contributed by atoms with Crippen LogP contribution in [0.1, 0.15) is 44.2 Å². The summed E-state index contributed by atoms with van der Waals surface area (Å²) in [7, 11) is 0. The van der Waals surface area contributed by atoms with Crippen LogP contribution >= 0.6 is 11.6 Å². The van der Waals surface area contributed by atoms with Crippen LogP contribution in [0.3, 0.4) is 0 Å². The molecule has 3 amide bonds. The van der Waals surface area contributed by atoms with E-state index in [1.807, 2.05) is 0 Å². The molecule has 4 N–H and O–H groups in total. The number of hydrogen-bond donors (Lipinski definition) is 4. The normalized spacial score (nSPS) is 12.8.